The van der Waals surface area contributed by atoms with Gasteiger partial charge in [-0.3, -0.25) is 0 Å². The molecule has 0 aliphatic rings. The molecule has 15 heavy (non-hydrogen) atoms. The van der Waals surface area contributed by atoms with Crippen LogP contribution in [0.5, 0.6) is 0 Å². The van der Waals surface area contributed by atoms with Crippen LogP contribution in [0.2, 0.25) is 0 Å². The van der Waals surface area contributed by atoms with Crippen molar-refractivity contribution in [2.75, 3.05) is 6.54 Å². The highest BCUT2D eigenvalue weighted by Gasteiger charge is 2.06. The third-order valence-electron chi connectivity index (χ3n) is 1.89. The van der Waals surface area contributed by atoms with E-state index in [1.165, 1.54) is 4.80 Å². The summed E-state index contributed by atoms with van der Waals surface area (Å²) in [7, 11) is 0. The molecule has 0 spiro atoms. The maximum absolute atomic E-state index is 5.41. The molecule has 2 rings (SSSR count). The van der Waals surface area contributed by atoms with E-state index < -0.39 is 0 Å². The van der Waals surface area contributed by atoms with Gasteiger partial charge in [0.15, 0.2) is 5.82 Å². The van der Waals surface area contributed by atoms with Gasteiger partial charge in [0.25, 0.3) is 0 Å². The van der Waals surface area contributed by atoms with E-state index in [1.54, 1.807) is 0 Å². The summed E-state index contributed by atoms with van der Waals surface area (Å²) in [4.78, 5) is 1.50. The minimum absolute atomic E-state index is 0.529. The SMILES string of the molecule is NCCc1nnn(-c2ccccc2Br)n1. The molecular weight excluding hydrogens is 258 g/mol. The van der Waals surface area contributed by atoms with Crippen LogP contribution in [0.3, 0.4) is 0 Å². The zero-order chi connectivity index (χ0) is 10.7. The molecule has 0 saturated carbocycles. The Morgan fingerprint density at radius 2 is 2.13 bits per heavy atom. The molecule has 0 aliphatic heterocycles. The molecule has 0 saturated heterocycles. The summed E-state index contributed by atoms with van der Waals surface area (Å²) < 4.78 is 0.932. The number of halogens is 1. The topological polar surface area (TPSA) is 69.6 Å². The number of hydrogen-bond acceptors (Lipinski definition) is 4. The van der Waals surface area contributed by atoms with Crippen molar-refractivity contribution in [3.05, 3.63) is 34.6 Å². The molecule has 2 N–H and O–H groups in total. The lowest BCUT2D eigenvalue weighted by molar-refractivity contribution is 0.714. The predicted octanol–water partition coefficient (Wildman–Crippen LogP) is 0.926. The Balaban J connectivity index is 2.33. The first kappa shape index (κ1) is 10.3. The van der Waals surface area contributed by atoms with E-state index in [2.05, 4.69) is 31.3 Å². The van der Waals surface area contributed by atoms with Crippen molar-refractivity contribution in [3.8, 4) is 5.69 Å². The molecule has 0 aliphatic carbocycles. The fourth-order valence-electron chi connectivity index (χ4n) is 1.19. The van der Waals surface area contributed by atoms with Crippen LogP contribution in [0.15, 0.2) is 28.7 Å². The van der Waals surface area contributed by atoms with Crippen LogP contribution in [-0.4, -0.2) is 26.8 Å². The van der Waals surface area contributed by atoms with Crippen molar-refractivity contribution in [3.63, 3.8) is 0 Å². The third-order valence-corrected chi connectivity index (χ3v) is 2.56. The molecular formula is C9H10BrN5. The highest BCUT2D eigenvalue weighted by Crippen LogP contribution is 2.18. The Morgan fingerprint density at radius 3 is 2.87 bits per heavy atom. The van der Waals surface area contributed by atoms with Gasteiger partial charge in [-0.2, -0.15) is 0 Å². The predicted molar refractivity (Wildman–Crippen MR) is 59.6 cm³/mol. The summed E-state index contributed by atoms with van der Waals surface area (Å²) >= 11 is 3.43. The first-order chi connectivity index (χ1) is 7.31. The second kappa shape index (κ2) is 4.50. The zero-order valence-electron chi connectivity index (χ0n) is 7.97. The van der Waals surface area contributed by atoms with Gasteiger partial charge in [-0.05, 0) is 39.8 Å². The number of para-hydroxylation sites is 1. The number of aromatic nitrogens is 4. The van der Waals surface area contributed by atoms with Crippen molar-refractivity contribution in [1.29, 1.82) is 0 Å². The lowest BCUT2D eigenvalue weighted by Crippen LogP contribution is -2.05. The van der Waals surface area contributed by atoms with Gasteiger partial charge in [-0.15, -0.1) is 15.0 Å². The standard InChI is InChI=1S/C9H10BrN5/c10-7-3-1-2-4-8(7)15-13-9(5-6-11)12-14-15/h1-4H,5-6,11H2. The lowest BCUT2D eigenvalue weighted by Gasteiger charge is -1.99. The Morgan fingerprint density at radius 1 is 1.33 bits per heavy atom. The lowest BCUT2D eigenvalue weighted by atomic mass is 10.3. The maximum atomic E-state index is 5.41. The Labute approximate surface area is 95.4 Å². The van der Waals surface area contributed by atoms with Crippen LogP contribution in [0.4, 0.5) is 0 Å². The number of nitrogens with two attached hydrogens (primary N) is 1. The highest BCUT2D eigenvalue weighted by atomic mass is 79.9. The summed E-state index contributed by atoms with van der Waals surface area (Å²) in [5.41, 5.74) is 6.28. The summed E-state index contributed by atoms with van der Waals surface area (Å²) in [6, 6.07) is 7.71. The molecule has 0 amide bonds. The second-order valence-electron chi connectivity index (χ2n) is 2.99. The van der Waals surface area contributed by atoms with Crippen LogP contribution in [0.25, 0.3) is 5.69 Å². The monoisotopic (exact) mass is 267 g/mol. The first-order valence-electron chi connectivity index (χ1n) is 4.55. The minimum atomic E-state index is 0.529. The number of hydrogen-bond donors (Lipinski definition) is 1. The van der Waals surface area contributed by atoms with E-state index in [1.807, 2.05) is 24.3 Å². The number of tetrazole rings is 1. The van der Waals surface area contributed by atoms with Crippen LogP contribution < -0.4 is 5.73 Å². The molecule has 1 aromatic carbocycles. The molecule has 78 valence electrons. The van der Waals surface area contributed by atoms with Crippen LogP contribution >= 0.6 is 15.9 Å². The highest BCUT2D eigenvalue weighted by molar-refractivity contribution is 9.10. The number of nitrogens with zero attached hydrogens (tertiary/aromatic N) is 4. The average molecular weight is 268 g/mol. The van der Waals surface area contributed by atoms with Crippen LogP contribution in [0.1, 0.15) is 5.82 Å². The largest absolute Gasteiger partial charge is 0.330 e. The molecule has 5 nitrogen and oxygen atoms in total. The van der Waals surface area contributed by atoms with Crippen molar-refractivity contribution in [1.82, 2.24) is 20.2 Å². The van der Waals surface area contributed by atoms with Crippen molar-refractivity contribution in [2.24, 2.45) is 5.73 Å². The van der Waals surface area contributed by atoms with E-state index in [0.29, 0.717) is 18.8 Å². The van der Waals surface area contributed by atoms with E-state index in [-0.39, 0.29) is 0 Å². The fraction of sp³-hybridized carbons (Fsp3) is 0.222. The van der Waals surface area contributed by atoms with E-state index in [4.69, 9.17) is 5.73 Å². The Hall–Kier alpha value is -1.27. The quantitative estimate of drug-likeness (QED) is 0.898. The van der Waals surface area contributed by atoms with Crippen LogP contribution in [-0.2, 0) is 6.42 Å². The molecule has 2 aromatic rings. The second-order valence-corrected chi connectivity index (χ2v) is 3.84. The summed E-state index contributed by atoms with van der Waals surface area (Å²) in [5, 5.41) is 12.1. The minimum Gasteiger partial charge on any atom is -0.330 e. The molecule has 0 atom stereocenters. The van der Waals surface area contributed by atoms with Crippen molar-refractivity contribution in [2.45, 2.75) is 6.42 Å². The number of benzene rings is 1. The van der Waals surface area contributed by atoms with Gasteiger partial charge < -0.3 is 5.73 Å². The van der Waals surface area contributed by atoms with Gasteiger partial charge in [-0.1, -0.05) is 12.1 Å². The molecule has 0 unspecified atom stereocenters. The zero-order valence-corrected chi connectivity index (χ0v) is 9.55. The molecule has 1 aromatic heterocycles. The molecule has 1 heterocycles. The fourth-order valence-corrected chi connectivity index (χ4v) is 1.63. The Kier molecular flexibility index (Phi) is 3.08. The maximum Gasteiger partial charge on any atom is 0.176 e. The third kappa shape index (κ3) is 2.21. The Bertz CT molecular complexity index is 453. The summed E-state index contributed by atoms with van der Waals surface area (Å²) in [6.07, 6.45) is 0.643. The van der Waals surface area contributed by atoms with Crippen LogP contribution in [0, 0.1) is 0 Å². The van der Waals surface area contributed by atoms with Crippen molar-refractivity contribution >= 4 is 15.9 Å². The van der Waals surface area contributed by atoms with Gasteiger partial charge in [-0.25, -0.2) is 0 Å². The van der Waals surface area contributed by atoms with Crippen molar-refractivity contribution < 1.29 is 0 Å². The average Bonchev–Trinajstić information content (AvgIpc) is 2.68. The summed E-state index contributed by atoms with van der Waals surface area (Å²) in [5.74, 6) is 0.660. The first-order valence-corrected chi connectivity index (χ1v) is 5.34. The number of rotatable bonds is 3. The molecule has 0 radical (unpaired) electrons. The summed E-state index contributed by atoms with van der Waals surface area (Å²) in [6.45, 7) is 0.529. The van der Waals surface area contributed by atoms with Gasteiger partial charge in [0, 0.05) is 10.9 Å². The normalized spacial score (nSPS) is 10.5. The van der Waals surface area contributed by atoms with E-state index in [0.717, 1.165) is 10.2 Å². The van der Waals surface area contributed by atoms with E-state index in [9.17, 15) is 0 Å². The van der Waals surface area contributed by atoms with Gasteiger partial charge in [0.05, 0.1) is 0 Å². The van der Waals surface area contributed by atoms with E-state index >= 15 is 0 Å². The molecule has 0 bridgehead atoms. The molecule has 0 fully saturated rings. The van der Waals surface area contributed by atoms with Gasteiger partial charge >= 0.3 is 0 Å². The molecule has 6 heteroatoms. The van der Waals surface area contributed by atoms with Gasteiger partial charge in [0.2, 0.25) is 0 Å². The van der Waals surface area contributed by atoms with Gasteiger partial charge in [0.1, 0.15) is 5.69 Å². The smallest absolute Gasteiger partial charge is 0.176 e.